The average molecular weight is 442 g/mol. The van der Waals surface area contributed by atoms with E-state index in [1.165, 1.54) is 23.1 Å². The molecule has 0 fully saturated rings. The van der Waals surface area contributed by atoms with E-state index in [-0.39, 0.29) is 28.9 Å². The number of aromatic nitrogens is 4. The highest BCUT2D eigenvalue weighted by molar-refractivity contribution is 6.31. The summed E-state index contributed by atoms with van der Waals surface area (Å²) in [4.78, 5) is 21.0. The molecule has 4 aromatic rings. The number of fused-ring (bicyclic) bond motifs is 1. The normalized spacial score (nSPS) is 11.9. The van der Waals surface area contributed by atoms with Gasteiger partial charge in [-0.1, -0.05) is 11.6 Å². The van der Waals surface area contributed by atoms with Gasteiger partial charge in [0.2, 0.25) is 0 Å². The van der Waals surface area contributed by atoms with Crippen molar-refractivity contribution in [1.29, 1.82) is 0 Å². The molecule has 4 rings (SSSR count). The molecule has 2 heterocycles. The van der Waals surface area contributed by atoms with Crippen LogP contribution in [0.15, 0.2) is 47.5 Å². The van der Waals surface area contributed by atoms with Gasteiger partial charge in [-0.3, -0.25) is 14.2 Å². The molecule has 0 amide bonds. The van der Waals surface area contributed by atoms with E-state index in [0.29, 0.717) is 21.8 Å². The van der Waals surface area contributed by atoms with Crippen molar-refractivity contribution < 1.29 is 9.50 Å². The van der Waals surface area contributed by atoms with Crippen molar-refractivity contribution >= 4 is 28.2 Å². The SMILES string of the molecule is Cn1c(=O)c2cc(F)c(-c3cnc(C(C)(C)O)nc3)cc2n1Cc1cc(N)ccc1Cl. The molecule has 2 aromatic carbocycles. The van der Waals surface area contributed by atoms with Gasteiger partial charge in [-0.15, -0.1) is 0 Å². The van der Waals surface area contributed by atoms with Crippen LogP contribution in [-0.2, 0) is 19.2 Å². The Kier molecular flexibility index (Phi) is 5.07. The van der Waals surface area contributed by atoms with Crippen molar-refractivity contribution in [1.82, 2.24) is 19.3 Å². The molecule has 0 saturated heterocycles. The van der Waals surface area contributed by atoms with Gasteiger partial charge >= 0.3 is 0 Å². The molecule has 0 aliphatic carbocycles. The number of nitrogens with zero attached hydrogens (tertiary/aromatic N) is 4. The fourth-order valence-electron chi connectivity index (χ4n) is 3.46. The molecular formula is C22H21ClFN5O2. The van der Waals surface area contributed by atoms with E-state index in [1.807, 2.05) is 0 Å². The molecule has 7 nitrogen and oxygen atoms in total. The van der Waals surface area contributed by atoms with Gasteiger partial charge in [0, 0.05) is 41.3 Å². The summed E-state index contributed by atoms with van der Waals surface area (Å²) in [7, 11) is 1.61. The van der Waals surface area contributed by atoms with Gasteiger partial charge in [-0.05, 0) is 49.7 Å². The van der Waals surface area contributed by atoms with Crippen LogP contribution >= 0.6 is 11.6 Å². The number of anilines is 1. The number of benzene rings is 2. The topological polar surface area (TPSA) is 99.0 Å². The first-order chi connectivity index (χ1) is 14.6. The lowest BCUT2D eigenvalue weighted by molar-refractivity contribution is 0.0687. The zero-order valence-electron chi connectivity index (χ0n) is 17.2. The molecule has 0 saturated carbocycles. The van der Waals surface area contributed by atoms with Crippen LogP contribution in [0, 0.1) is 5.82 Å². The monoisotopic (exact) mass is 441 g/mol. The molecule has 0 spiro atoms. The van der Waals surface area contributed by atoms with Crippen LogP contribution in [0.5, 0.6) is 0 Å². The Balaban J connectivity index is 1.87. The second-order valence-corrected chi connectivity index (χ2v) is 8.35. The lowest BCUT2D eigenvalue weighted by atomic mass is 10.1. The van der Waals surface area contributed by atoms with Crippen LogP contribution < -0.4 is 11.3 Å². The number of halogens is 2. The first kappa shape index (κ1) is 21.0. The number of aliphatic hydroxyl groups is 1. The third kappa shape index (κ3) is 3.80. The standard InChI is InChI=1S/C22H21ClFN5O2/c1-22(2,31)21-26-9-13(10-27-21)15-8-19-16(7-18(15)24)20(30)28(3)29(19)11-12-6-14(25)4-5-17(12)23/h4-10,31H,11,25H2,1-3H3. The van der Waals surface area contributed by atoms with Crippen LogP contribution in [0.4, 0.5) is 10.1 Å². The van der Waals surface area contributed by atoms with Crippen molar-refractivity contribution in [3.63, 3.8) is 0 Å². The fourth-order valence-corrected chi connectivity index (χ4v) is 3.64. The highest BCUT2D eigenvalue weighted by Crippen LogP contribution is 2.28. The second kappa shape index (κ2) is 7.47. The van der Waals surface area contributed by atoms with E-state index >= 15 is 0 Å². The maximum atomic E-state index is 14.9. The van der Waals surface area contributed by atoms with Crippen molar-refractivity contribution in [3.05, 3.63) is 75.3 Å². The molecule has 3 N–H and O–H groups in total. The predicted molar refractivity (Wildman–Crippen MR) is 118 cm³/mol. The van der Waals surface area contributed by atoms with Gasteiger partial charge in [-0.2, -0.15) is 0 Å². The third-order valence-electron chi connectivity index (χ3n) is 5.15. The van der Waals surface area contributed by atoms with Crippen molar-refractivity contribution in [2.24, 2.45) is 7.05 Å². The molecule has 9 heteroatoms. The Morgan fingerprint density at radius 1 is 1.19 bits per heavy atom. The first-order valence-corrected chi connectivity index (χ1v) is 9.92. The quantitative estimate of drug-likeness (QED) is 0.472. The summed E-state index contributed by atoms with van der Waals surface area (Å²) >= 11 is 6.31. The number of hydrogen-bond acceptors (Lipinski definition) is 5. The van der Waals surface area contributed by atoms with E-state index in [9.17, 15) is 14.3 Å². The highest BCUT2D eigenvalue weighted by atomic mass is 35.5. The average Bonchev–Trinajstić information content (AvgIpc) is 2.94. The molecule has 31 heavy (non-hydrogen) atoms. The molecule has 0 bridgehead atoms. The summed E-state index contributed by atoms with van der Waals surface area (Å²) in [6.07, 6.45) is 2.90. The van der Waals surface area contributed by atoms with Crippen molar-refractivity contribution in [3.8, 4) is 11.1 Å². The van der Waals surface area contributed by atoms with E-state index in [1.54, 1.807) is 49.8 Å². The zero-order chi connectivity index (χ0) is 22.5. The molecule has 160 valence electrons. The van der Waals surface area contributed by atoms with Gasteiger partial charge in [-0.25, -0.2) is 14.4 Å². The number of nitrogens with two attached hydrogens (primary N) is 1. The Morgan fingerprint density at radius 3 is 2.52 bits per heavy atom. The summed E-state index contributed by atoms with van der Waals surface area (Å²) in [6.45, 7) is 3.41. The Bertz CT molecular complexity index is 1350. The lowest BCUT2D eigenvalue weighted by Crippen LogP contribution is -2.19. The lowest BCUT2D eigenvalue weighted by Gasteiger charge is -2.15. The second-order valence-electron chi connectivity index (χ2n) is 7.94. The molecule has 0 radical (unpaired) electrons. The van der Waals surface area contributed by atoms with Gasteiger partial charge in [0.05, 0.1) is 17.4 Å². The number of rotatable bonds is 4. The molecule has 0 aliphatic rings. The summed E-state index contributed by atoms with van der Waals surface area (Å²) in [5, 5.41) is 10.8. The molecule has 0 atom stereocenters. The highest BCUT2D eigenvalue weighted by Gasteiger charge is 2.21. The Labute approximate surface area is 182 Å². The molecule has 0 aliphatic heterocycles. The van der Waals surface area contributed by atoms with E-state index in [0.717, 1.165) is 5.56 Å². The minimum absolute atomic E-state index is 0.227. The summed E-state index contributed by atoms with van der Waals surface area (Å²) in [5.74, 6) is -0.338. The van der Waals surface area contributed by atoms with Gasteiger partial charge < -0.3 is 10.8 Å². The summed E-state index contributed by atoms with van der Waals surface area (Å²) < 4.78 is 18.0. The van der Waals surface area contributed by atoms with Crippen LogP contribution in [-0.4, -0.2) is 24.4 Å². The van der Waals surface area contributed by atoms with Crippen molar-refractivity contribution in [2.45, 2.75) is 26.0 Å². The van der Waals surface area contributed by atoms with Crippen LogP contribution in [0.2, 0.25) is 5.02 Å². The number of hydrogen-bond donors (Lipinski definition) is 2. The molecule has 0 unspecified atom stereocenters. The summed E-state index contributed by atoms with van der Waals surface area (Å²) in [6, 6.07) is 7.95. The van der Waals surface area contributed by atoms with Crippen LogP contribution in [0.25, 0.3) is 22.0 Å². The Morgan fingerprint density at radius 2 is 1.87 bits per heavy atom. The first-order valence-electron chi connectivity index (χ1n) is 9.54. The van der Waals surface area contributed by atoms with Crippen molar-refractivity contribution in [2.75, 3.05) is 5.73 Å². The van der Waals surface area contributed by atoms with Crippen LogP contribution in [0.3, 0.4) is 0 Å². The Hall–Kier alpha value is -3.23. The fraction of sp³-hybridized carbons (Fsp3) is 0.227. The maximum Gasteiger partial charge on any atom is 0.274 e. The van der Waals surface area contributed by atoms with Crippen LogP contribution in [0.1, 0.15) is 25.2 Å². The van der Waals surface area contributed by atoms with Gasteiger partial charge in [0.25, 0.3) is 5.56 Å². The van der Waals surface area contributed by atoms with E-state index in [4.69, 9.17) is 17.3 Å². The van der Waals surface area contributed by atoms with Gasteiger partial charge in [0.15, 0.2) is 5.82 Å². The maximum absolute atomic E-state index is 14.9. The number of nitrogen functional groups attached to an aromatic ring is 1. The van der Waals surface area contributed by atoms with E-state index in [2.05, 4.69) is 9.97 Å². The third-order valence-corrected chi connectivity index (χ3v) is 5.52. The van der Waals surface area contributed by atoms with Gasteiger partial charge in [0.1, 0.15) is 11.4 Å². The largest absolute Gasteiger partial charge is 0.399 e. The van der Waals surface area contributed by atoms with E-state index < -0.39 is 11.4 Å². The smallest absolute Gasteiger partial charge is 0.274 e. The molecular weight excluding hydrogens is 421 g/mol. The minimum atomic E-state index is -1.21. The predicted octanol–water partition coefficient (Wildman–Crippen LogP) is 3.45. The summed E-state index contributed by atoms with van der Waals surface area (Å²) in [5.41, 5.74) is 6.84. The molecule has 2 aromatic heterocycles. The zero-order valence-corrected chi connectivity index (χ0v) is 18.0. The minimum Gasteiger partial charge on any atom is -0.399 e.